The van der Waals surface area contributed by atoms with Crippen molar-refractivity contribution in [1.82, 2.24) is 19.5 Å². The first-order valence-corrected chi connectivity index (χ1v) is 11.7. The number of rotatable bonds is 6. The van der Waals surface area contributed by atoms with Crippen LogP contribution in [0.2, 0.25) is 0 Å². The van der Waals surface area contributed by atoms with Crippen molar-refractivity contribution in [3.8, 4) is 11.6 Å². The van der Waals surface area contributed by atoms with E-state index < -0.39 is 0 Å². The molecule has 0 saturated carbocycles. The molecule has 9 heteroatoms. The van der Waals surface area contributed by atoms with E-state index in [0.29, 0.717) is 23.1 Å². The molecule has 5 rings (SSSR count). The summed E-state index contributed by atoms with van der Waals surface area (Å²) >= 11 is 0. The summed E-state index contributed by atoms with van der Waals surface area (Å²) in [4.78, 5) is 31.2. The largest absolute Gasteiger partial charge is 0.438 e. The van der Waals surface area contributed by atoms with Crippen LogP contribution >= 0.6 is 0 Å². The van der Waals surface area contributed by atoms with E-state index in [-0.39, 0.29) is 30.1 Å². The number of nitrogens with zero attached hydrogens (tertiary/aromatic N) is 4. The summed E-state index contributed by atoms with van der Waals surface area (Å²) in [5.74, 6) is 1.30. The van der Waals surface area contributed by atoms with Gasteiger partial charge in [0.05, 0.1) is 19.4 Å². The molecule has 2 saturated heterocycles. The second kappa shape index (κ2) is 9.06. The van der Waals surface area contributed by atoms with Gasteiger partial charge in [0.1, 0.15) is 5.75 Å². The molecular weight excluding hydrogens is 434 g/mol. The molecule has 34 heavy (non-hydrogen) atoms. The molecule has 0 unspecified atom stereocenters. The second-order valence-electron chi connectivity index (χ2n) is 9.37. The Balaban J connectivity index is 1.14. The number of hydrogen-bond donors (Lipinski definition) is 1. The van der Waals surface area contributed by atoms with Gasteiger partial charge < -0.3 is 19.7 Å². The fraction of sp³-hybridized carbons (Fsp3) is 0.440. The number of hydrogen-bond acceptors (Lipinski definition) is 6. The van der Waals surface area contributed by atoms with Gasteiger partial charge in [-0.2, -0.15) is 0 Å². The van der Waals surface area contributed by atoms with Gasteiger partial charge in [-0.05, 0) is 56.0 Å². The van der Waals surface area contributed by atoms with Gasteiger partial charge in [0, 0.05) is 37.4 Å². The summed E-state index contributed by atoms with van der Waals surface area (Å²) in [7, 11) is 0. The van der Waals surface area contributed by atoms with Crippen LogP contribution in [0.15, 0.2) is 36.5 Å². The van der Waals surface area contributed by atoms with Gasteiger partial charge >= 0.3 is 0 Å². The smallest absolute Gasteiger partial charge is 0.237 e. The van der Waals surface area contributed by atoms with Crippen molar-refractivity contribution in [3.05, 3.63) is 47.7 Å². The van der Waals surface area contributed by atoms with Crippen LogP contribution in [0.1, 0.15) is 36.8 Å². The number of carbonyl (C=O) groups excluding carboxylic acids is 2. The van der Waals surface area contributed by atoms with Gasteiger partial charge in [-0.15, -0.1) is 5.10 Å². The van der Waals surface area contributed by atoms with Crippen LogP contribution in [0.25, 0.3) is 5.65 Å². The predicted octanol–water partition coefficient (Wildman–Crippen LogP) is 3.50. The van der Waals surface area contributed by atoms with Gasteiger partial charge in [0.25, 0.3) is 0 Å². The maximum Gasteiger partial charge on any atom is 0.237 e. The van der Waals surface area contributed by atoms with E-state index in [9.17, 15) is 9.59 Å². The fourth-order valence-corrected chi connectivity index (χ4v) is 4.37. The van der Waals surface area contributed by atoms with Crippen LogP contribution in [0.4, 0.5) is 5.82 Å². The van der Waals surface area contributed by atoms with E-state index >= 15 is 0 Å². The SMILES string of the molecule is Cc1ccc(Oc2ccc3nc(NC(=O)CCC(=O)N4CCC5(CC4)COC5)cn3n2)cc1C. The van der Waals surface area contributed by atoms with Gasteiger partial charge in [-0.1, -0.05) is 6.07 Å². The Morgan fingerprint density at radius 1 is 1.09 bits per heavy atom. The molecule has 2 aliphatic heterocycles. The lowest BCUT2D eigenvalue weighted by atomic mass is 9.77. The molecule has 178 valence electrons. The van der Waals surface area contributed by atoms with E-state index in [1.165, 1.54) is 5.56 Å². The van der Waals surface area contributed by atoms with Crippen molar-refractivity contribution in [2.24, 2.45) is 5.41 Å². The molecule has 2 amide bonds. The van der Waals surface area contributed by atoms with Crippen LogP contribution in [-0.2, 0) is 14.3 Å². The number of anilines is 1. The predicted molar refractivity (Wildman–Crippen MR) is 126 cm³/mol. The molecule has 9 nitrogen and oxygen atoms in total. The topological polar surface area (TPSA) is 98.1 Å². The number of aryl methyl sites for hydroxylation is 2. The molecule has 1 aromatic carbocycles. The third kappa shape index (κ3) is 4.75. The number of ether oxygens (including phenoxy) is 2. The number of carbonyl (C=O) groups is 2. The monoisotopic (exact) mass is 463 g/mol. The van der Waals surface area contributed by atoms with E-state index in [0.717, 1.165) is 44.7 Å². The molecule has 0 aliphatic carbocycles. The van der Waals surface area contributed by atoms with Crippen LogP contribution < -0.4 is 10.1 Å². The molecule has 2 fully saturated rings. The summed E-state index contributed by atoms with van der Waals surface area (Å²) in [5, 5.41) is 7.19. The van der Waals surface area contributed by atoms with Crippen molar-refractivity contribution in [3.63, 3.8) is 0 Å². The fourth-order valence-electron chi connectivity index (χ4n) is 4.37. The summed E-state index contributed by atoms with van der Waals surface area (Å²) in [5.41, 5.74) is 3.21. The standard InChI is InChI=1S/C25H29N5O4/c1-17-3-4-19(13-18(17)2)34-23-7-5-21-26-20(14-30(21)28-23)27-22(31)6-8-24(32)29-11-9-25(10-12-29)15-33-16-25/h3-5,7,13-14H,6,8-12,15-16H2,1-2H3,(H,27,31). The number of benzene rings is 1. The summed E-state index contributed by atoms with van der Waals surface area (Å²) in [6, 6.07) is 9.38. The lowest BCUT2D eigenvalue weighted by Crippen LogP contribution is -2.52. The maximum absolute atomic E-state index is 12.5. The molecule has 0 atom stereocenters. The third-order valence-corrected chi connectivity index (χ3v) is 6.82. The summed E-state index contributed by atoms with van der Waals surface area (Å²) in [6.07, 6.45) is 3.90. The van der Waals surface area contributed by atoms with Crippen molar-refractivity contribution in [2.45, 2.75) is 39.5 Å². The van der Waals surface area contributed by atoms with Crippen molar-refractivity contribution in [1.29, 1.82) is 0 Å². The number of amides is 2. The maximum atomic E-state index is 12.5. The lowest BCUT2D eigenvalue weighted by Gasteiger charge is -2.47. The Morgan fingerprint density at radius 2 is 1.88 bits per heavy atom. The van der Waals surface area contributed by atoms with Gasteiger partial charge in [0.15, 0.2) is 11.5 Å². The molecule has 0 radical (unpaired) electrons. The average molecular weight is 464 g/mol. The molecule has 2 aliphatic rings. The van der Waals surface area contributed by atoms with Gasteiger partial charge in [0.2, 0.25) is 17.7 Å². The highest BCUT2D eigenvalue weighted by molar-refractivity contribution is 5.92. The van der Waals surface area contributed by atoms with Crippen molar-refractivity contribution >= 4 is 23.3 Å². The summed E-state index contributed by atoms with van der Waals surface area (Å²) < 4.78 is 12.8. The van der Waals surface area contributed by atoms with Gasteiger partial charge in [-0.25, -0.2) is 9.50 Å². The molecule has 3 aromatic rings. The molecular formula is C25H29N5O4. The van der Waals surface area contributed by atoms with Crippen LogP contribution in [0.3, 0.4) is 0 Å². The zero-order valence-electron chi connectivity index (χ0n) is 19.5. The third-order valence-electron chi connectivity index (χ3n) is 6.82. The highest BCUT2D eigenvalue weighted by atomic mass is 16.5. The highest BCUT2D eigenvalue weighted by Gasteiger charge is 2.41. The number of nitrogens with one attached hydrogen (secondary N) is 1. The molecule has 0 bridgehead atoms. The Kier molecular flexibility index (Phi) is 5.95. The van der Waals surface area contributed by atoms with Crippen LogP contribution in [0.5, 0.6) is 11.6 Å². The average Bonchev–Trinajstić information content (AvgIpc) is 3.20. The highest BCUT2D eigenvalue weighted by Crippen LogP contribution is 2.38. The van der Waals surface area contributed by atoms with E-state index in [1.54, 1.807) is 22.8 Å². The molecule has 1 N–H and O–H groups in total. The van der Waals surface area contributed by atoms with E-state index in [1.807, 2.05) is 36.9 Å². The van der Waals surface area contributed by atoms with E-state index in [2.05, 4.69) is 15.4 Å². The zero-order valence-corrected chi connectivity index (χ0v) is 19.5. The molecule has 1 spiro atoms. The number of imidazole rings is 1. The number of piperidine rings is 1. The Labute approximate surface area is 198 Å². The summed E-state index contributed by atoms with van der Waals surface area (Å²) in [6.45, 7) is 7.19. The van der Waals surface area contributed by atoms with Crippen molar-refractivity contribution in [2.75, 3.05) is 31.6 Å². The van der Waals surface area contributed by atoms with Crippen LogP contribution in [-0.4, -0.2) is 57.6 Å². The first-order valence-electron chi connectivity index (χ1n) is 11.7. The lowest BCUT2D eigenvalue weighted by molar-refractivity contribution is -0.153. The molecule has 2 aromatic heterocycles. The zero-order chi connectivity index (χ0) is 23.7. The van der Waals surface area contributed by atoms with Crippen LogP contribution in [0, 0.1) is 19.3 Å². The van der Waals surface area contributed by atoms with Gasteiger partial charge in [-0.3, -0.25) is 9.59 Å². The Hall–Kier alpha value is -3.46. The number of likely N-dealkylation sites (tertiary alicyclic amines) is 1. The minimum Gasteiger partial charge on any atom is -0.438 e. The first-order chi connectivity index (χ1) is 16.4. The van der Waals surface area contributed by atoms with Crippen molar-refractivity contribution < 1.29 is 19.1 Å². The first kappa shape index (κ1) is 22.3. The Bertz CT molecular complexity index is 1220. The molecule has 4 heterocycles. The van der Waals surface area contributed by atoms with E-state index in [4.69, 9.17) is 9.47 Å². The second-order valence-corrected chi connectivity index (χ2v) is 9.37. The normalized spacial score (nSPS) is 16.9. The quantitative estimate of drug-likeness (QED) is 0.601. The number of fused-ring (bicyclic) bond motifs is 1. The minimum absolute atomic E-state index is 0.0232. The number of aromatic nitrogens is 3. The Morgan fingerprint density at radius 3 is 2.59 bits per heavy atom. The minimum atomic E-state index is -0.246.